The fourth-order valence-corrected chi connectivity index (χ4v) is 2.88. The van der Waals surface area contributed by atoms with E-state index in [4.69, 9.17) is 16.3 Å². The molecule has 0 amide bonds. The molecule has 0 saturated carbocycles. The first kappa shape index (κ1) is 23.0. The molecule has 12 heteroatoms. The lowest BCUT2D eigenvalue weighted by molar-refractivity contribution is -0.385. The normalized spacial score (nSPS) is 10.7. The van der Waals surface area contributed by atoms with E-state index in [9.17, 15) is 34.9 Å². The van der Waals surface area contributed by atoms with E-state index in [1.165, 1.54) is 6.21 Å². The van der Waals surface area contributed by atoms with Crippen molar-refractivity contribution in [1.82, 2.24) is 0 Å². The Morgan fingerprint density at radius 3 is 2.30 bits per heavy atom. The number of nitro groups is 2. The number of non-ortho nitro benzene ring substituents is 1. The number of rotatable bonds is 7. The first-order valence-corrected chi connectivity index (χ1v) is 9.36. The Morgan fingerprint density at radius 1 is 1.00 bits per heavy atom. The van der Waals surface area contributed by atoms with Crippen LogP contribution in [0.15, 0.2) is 65.7 Å². The van der Waals surface area contributed by atoms with Crippen LogP contribution in [0.3, 0.4) is 0 Å². The van der Waals surface area contributed by atoms with E-state index in [-0.39, 0.29) is 17.0 Å². The predicted octanol–water partition coefficient (Wildman–Crippen LogP) is 4.82. The van der Waals surface area contributed by atoms with E-state index in [0.29, 0.717) is 10.7 Å². The third kappa shape index (κ3) is 5.35. The van der Waals surface area contributed by atoms with Gasteiger partial charge in [0.25, 0.3) is 11.4 Å². The van der Waals surface area contributed by atoms with Crippen molar-refractivity contribution < 1.29 is 29.3 Å². The molecular formula is C21H12ClN3O8. The van der Waals surface area contributed by atoms with Gasteiger partial charge in [-0.3, -0.25) is 25.2 Å². The Labute approximate surface area is 189 Å². The molecule has 1 N–H and O–H groups in total. The largest absolute Gasteiger partial charge is 0.478 e. The molecule has 0 atom stereocenters. The van der Waals surface area contributed by atoms with Gasteiger partial charge in [-0.15, -0.1) is 0 Å². The van der Waals surface area contributed by atoms with Crippen LogP contribution in [0.1, 0.15) is 26.3 Å². The molecule has 0 fully saturated rings. The molecule has 0 heterocycles. The number of aliphatic imine (C=N–C) groups is 1. The highest BCUT2D eigenvalue weighted by Gasteiger charge is 2.29. The maximum absolute atomic E-state index is 12.8. The second kappa shape index (κ2) is 9.66. The van der Waals surface area contributed by atoms with Gasteiger partial charge in [-0.05, 0) is 36.4 Å². The Bertz CT molecular complexity index is 1270. The maximum atomic E-state index is 12.8. The summed E-state index contributed by atoms with van der Waals surface area (Å²) in [5.74, 6) is -3.12. The summed E-state index contributed by atoms with van der Waals surface area (Å²) in [7, 11) is 0. The number of hydrogen-bond acceptors (Lipinski definition) is 8. The van der Waals surface area contributed by atoms with E-state index >= 15 is 0 Å². The van der Waals surface area contributed by atoms with E-state index in [1.807, 2.05) is 0 Å². The molecule has 3 rings (SSSR count). The van der Waals surface area contributed by atoms with Crippen molar-refractivity contribution >= 4 is 46.8 Å². The van der Waals surface area contributed by atoms with Crippen molar-refractivity contribution in [3.63, 3.8) is 0 Å². The second-order valence-electron chi connectivity index (χ2n) is 6.37. The topological polar surface area (TPSA) is 162 Å². The molecule has 0 radical (unpaired) electrons. The molecule has 0 spiro atoms. The first-order chi connectivity index (χ1) is 15.7. The fourth-order valence-electron chi connectivity index (χ4n) is 2.75. The highest BCUT2D eigenvalue weighted by Crippen LogP contribution is 2.28. The van der Waals surface area contributed by atoms with Crippen molar-refractivity contribution in [3.05, 3.63) is 103 Å². The van der Waals surface area contributed by atoms with Gasteiger partial charge in [0.2, 0.25) is 0 Å². The average molecular weight is 470 g/mol. The monoisotopic (exact) mass is 469 g/mol. The Hall–Kier alpha value is -4.64. The van der Waals surface area contributed by atoms with Gasteiger partial charge in [0, 0.05) is 35.0 Å². The Kier molecular flexibility index (Phi) is 6.74. The number of ether oxygens (including phenoxy) is 1. The number of hydrogen-bond donors (Lipinski definition) is 1. The molecule has 0 aliphatic carbocycles. The van der Waals surface area contributed by atoms with Crippen LogP contribution in [0.5, 0.6) is 5.75 Å². The van der Waals surface area contributed by atoms with Gasteiger partial charge in [-0.2, -0.15) is 0 Å². The van der Waals surface area contributed by atoms with Crippen LogP contribution in [0.25, 0.3) is 0 Å². The summed E-state index contributed by atoms with van der Waals surface area (Å²) in [6.07, 6.45) is 1.19. The molecule has 166 valence electrons. The molecule has 0 aliphatic rings. The maximum Gasteiger partial charge on any atom is 0.351 e. The number of carbonyl (C=O) groups is 2. The molecule has 3 aromatic rings. The minimum Gasteiger partial charge on any atom is -0.478 e. The lowest BCUT2D eigenvalue weighted by Crippen LogP contribution is -2.17. The number of carboxylic acid groups (broad SMARTS) is 1. The number of nitrogens with zero attached hydrogens (tertiary/aromatic N) is 3. The zero-order valence-corrected chi connectivity index (χ0v) is 17.1. The van der Waals surface area contributed by atoms with E-state index in [1.54, 1.807) is 24.3 Å². The number of aromatic carboxylic acids is 1. The molecule has 0 saturated heterocycles. The molecular weight excluding hydrogens is 458 g/mol. The van der Waals surface area contributed by atoms with Crippen molar-refractivity contribution in [2.45, 2.75) is 0 Å². The van der Waals surface area contributed by atoms with Crippen LogP contribution in [0, 0.1) is 20.2 Å². The van der Waals surface area contributed by atoms with Crippen LogP contribution in [-0.2, 0) is 0 Å². The fraction of sp³-hybridized carbons (Fsp3) is 0. The smallest absolute Gasteiger partial charge is 0.351 e. The molecule has 0 aromatic heterocycles. The molecule has 0 unspecified atom stereocenters. The van der Waals surface area contributed by atoms with Gasteiger partial charge in [-0.1, -0.05) is 17.7 Å². The van der Waals surface area contributed by atoms with Crippen LogP contribution in [-0.4, -0.2) is 33.1 Å². The van der Waals surface area contributed by atoms with Crippen LogP contribution in [0.2, 0.25) is 5.02 Å². The van der Waals surface area contributed by atoms with E-state index in [2.05, 4.69) is 4.99 Å². The van der Waals surface area contributed by atoms with Gasteiger partial charge in [0.1, 0.15) is 5.75 Å². The molecule has 0 bridgehead atoms. The summed E-state index contributed by atoms with van der Waals surface area (Å²) in [6.45, 7) is 0. The predicted molar refractivity (Wildman–Crippen MR) is 117 cm³/mol. The van der Waals surface area contributed by atoms with E-state index in [0.717, 1.165) is 36.4 Å². The number of esters is 1. The molecule has 3 aromatic carbocycles. The van der Waals surface area contributed by atoms with Gasteiger partial charge >= 0.3 is 11.9 Å². The number of nitro benzene ring substituents is 2. The standard InChI is InChI=1S/C21H12ClN3O8/c22-13-4-6-14(7-5-13)23-11-12-10-15(24(29)30)8-9-18(12)33-21(28)19-16(20(26)27)2-1-3-17(19)25(31)32/h1-11H,(H,26,27). The van der Waals surface area contributed by atoms with Crippen LogP contribution < -0.4 is 4.74 Å². The quantitative estimate of drug-likeness (QED) is 0.169. The number of carbonyl (C=O) groups excluding carboxylic acids is 1. The summed E-state index contributed by atoms with van der Waals surface area (Å²) < 4.78 is 5.21. The molecule has 33 heavy (non-hydrogen) atoms. The summed E-state index contributed by atoms with van der Waals surface area (Å²) >= 11 is 5.82. The van der Waals surface area contributed by atoms with Gasteiger partial charge in [0.15, 0.2) is 5.56 Å². The summed E-state index contributed by atoms with van der Waals surface area (Å²) in [5, 5.41) is 32.3. The first-order valence-electron chi connectivity index (χ1n) is 8.98. The minimum absolute atomic E-state index is 0.00274. The van der Waals surface area contributed by atoms with Crippen LogP contribution in [0.4, 0.5) is 17.1 Å². The molecule has 0 aliphatic heterocycles. The number of carboxylic acids is 1. The second-order valence-corrected chi connectivity index (χ2v) is 6.80. The molecule has 11 nitrogen and oxygen atoms in total. The lowest BCUT2D eigenvalue weighted by atomic mass is 10.1. The Morgan fingerprint density at radius 2 is 1.70 bits per heavy atom. The Balaban J connectivity index is 2.04. The third-order valence-corrected chi connectivity index (χ3v) is 4.51. The minimum atomic E-state index is -1.57. The van der Waals surface area contributed by atoms with Gasteiger partial charge < -0.3 is 9.84 Å². The average Bonchev–Trinajstić information content (AvgIpc) is 2.78. The van der Waals surface area contributed by atoms with Crippen molar-refractivity contribution in [1.29, 1.82) is 0 Å². The van der Waals surface area contributed by atoms with E-state index < -0.39 is 38.6 Å². The SMILES string of the molecule is O=C(O)c1cccc([N+](=O)[O-])c1C(=O)Oc1ccc([N+](=O)[O-])cc1C=Nc1ccc(Cl)cc1. The zero-order valence-electron chi connectivity index (χ0n) is 16.4. The van der Waals surface area contributed by atoms with Crippen molar-refractivity contribution in [2.24, 2.45) is 4.99 Å². The number of halogens is 1. The van der Waals surface area contributed by atoms with Crippen molar-refractivity contribution in [2.75, 3.05) is 0 Å². The summed E-state index contributed by atoms with van der Waals surface area (Å²) in [4.78, 5) is 49.3. The van der Waals surface area contributed by atoms with Crippen LogP contribution >= 0.6 is 11.6 Å². The highest BCUT2D eigenvalue weighted by molar-refractivity contribution is 6.30. The lowest BCUT2D eigenvalue weighted by Gasteiger charge is -2.09. The summed E-state index contributed by atoms with van der Waals surface area (Å²) in [6, 6.07) is 12.6. The van der Waals surface area contributed by atoms with Gasteiger partial charge in [-0.25, -0.2) is 9.59 Å². The van der Waals surface area contributed by atoms with Gasteiger partial charge in [0.05, 0.1) is 21.1 Å². The summed E-state index contributed by atoms with van der Waals surface area (Å²) in [5.41, 5.74) is -2.05. The zero-order chi connectivity index (χ0) is 24.1. The van der Waals surface area contributed by atoms with Crippen molar-refractivity contribution in [3.8, 4) is 5.75 Å². The highest BCUT2D eigenvalue weighted by atomic mass is 35.5. The number of benzene rings is 3. The third-order valence-electron chi connectivity index (χ3n) is 4.26.